The highest BCUT2D eigenvalue weighted by Crippen LogP contribution is 2.43. The van der Waals surface area contributed by atoms with Crippen LogP contribution in [0, 0.1) is 0 Å². The third-order valence-electron chi connectivity index (χ3n) is 2.91. The van der Waals surface area contributed by atoms with Crippen molar-refractivity contribution in [2.45, 2.75) is 12.2 Å². The second-order valence-electron chi connectivity index (χ2n) is 3.93. The van der Waals surface area contributed by atoms with Gasteiger partial charge in [0.2, 0.25) is 0 Å². The van der Waals surface area contributed by atoms with Gasteiger partial charge >= 0.3 is 0 Å². The van der Waals surface area contributed by atoms with Gasteiger partial charge in [0.05, 0.1) is 0 Å². The van der Waals surface area contributed by atoms with Gasteiger partial charge in [-0.2, -0.15) is 0 Å². The molecule has 2 unspecified atom stereocenters. The molecule has 16 heavy (non-hydrogen) atoms. The molecule has 80 valence electrons. The van der Waals surface area contributed by atoms with Crippen molar-refractivity contribution < 1.29 is 9.84 Å². The summed E-state index contributed by atoms with van der Waals surface area (Å²) in [4.78, 5) is 0. The Morgan fingerprint density at radius 2 is 1.56 bits per heavy atom. The van der Waals surface area contributed by atoms with Crippen molar-refractivity contribution in [2.24, 2.45) is 0 Å². The molecular formula is C14H12O2. The Balaban J connectivity index is 1.99. The van der Waals surface area contributed by atoms with Crippen LogP contribution in [0.3, 0.4) is 0 Å². The fourth-order valence-electron chi connectivity index (χ4n) is 2.09. The summed E-state index contributed by atoms with van der Waals surface area (Å²) in [6, 6.07) is 17.4. The summed E-state index contributed by atoms with van der Waals surface area (Å²) in [5.74, 6) is 0.781. The van der Waals surface area contributed by atoms with Crippen molar-refractivity contribution in [2.75, 3.05) is 0 Å². The molecule has 2 heteroatoms. The minimum absolute atomic E-state index is 0.279. The molecule has 0 aliphatic carbocycles. The van der Waals surface area contributed by atoms with Crippen LogP contribution in [0.1, 0.15) is 23.3 Å². The van der Waals surface area contributed by atoms with Crippen LogP contribution in [0.2, 0.25) is 0 Å². The minimum Gasteiger partial charge on any atom is -0.482 e. The number of ether oxygens (including phenoxy) is 1. The van der Waals surface area contributed by atoms with Gasteiger partial charge in [-0.25, -0.2) is 0 Å². The van der Waals surface area contributed by atoms with Crippen LogP contribution in [0.4, 0.5) is 0 Å². The van der Waals surface area contributed by atoms with Crippen molar-refractivity contribution in [3.63, 3.8) is 0 Å². The molecule has 2 atom stereocenters. The van der Waals surface area contributed by atoms with E-state index in [-0.39, 0.29) is 6.10 Å². The molecule has 0 spiro atoms. The molecule has 1 aliphatic rings. The van der Waals surface area contributed by atoms with E-state index in [0.717, 1.165) is 16.9 Å². The van der Waals surface area contributed by atoms with Gasteiger partial charge in [-0.3, -0.25) is 0 Å². The maximum atomic E-state index is 10.2. The van der Waals surface area contributed by atoms with E-state index in [2.05, 4.69) is 0 Å². The number of hydrogen-bond donors (Lipinski definition) is 1. The zero-order valence-corrected chi connectivity index (χ0v) is 8.71. The number of para-hydroxylation sites is 1. The number of aliphatic hydroxyl groups is 1. The van der Waals surface area contributed by atoms with E-state index >= 15 is 0 Å². The summed E-state index contributed by atoms with van der Waals surface area (Å²) in [6.45, 7) is 0. The molecule has 0 bridgehead atoms. The van der Waals surface area contributed by atoms with Gasteiger partial charge in [0, 0.05) is 5.56 Å². The molecule has 2 aromatic carbocycles. The van der Waals surface area contributed by atoms with Gasteiger partial charge in [0.25, 0.3) is 0 Å². The van der Waals surface area contributed by atoms with Crippen molar-refractivity contribution >= 4 is 0 Å². The molecule has 0 saturated carbocycles. The quantitative estimate of drug-likeness (QED) is 0.787. The normalized spacial score (nSPS) is 22.6. The van der Waals surface area contributed by atoms with Gasteiger partial charge in [-0.05, 0) is 11.6 Å². The maximum Gasteiger partial charge on any atom is 0.154 e. The van der Waals surface area contributed by atoms with Crippen LogP contribution in [0.25, 0.3) is 0 Å². The number of fused-ring (bicyclic) bond motifs is 1. The van der Waals surface area contributed by atoms with Gasteiger partial charge in [-0.15, -0.1) is 0 Å². The first kappa shape index (κ1) is 9.43. The summed E-state index contributed by atoms with van der Waals surface area (Å²) in [7, 11) is 0. The van der Waals surface area contributed by atoms with E-state index in [4.69, 9.17) is 4.74 Å². The molecule has 0 aromatic heterocycles. The predicted molar refractivity (Wildman–Crippen MR) is 61.2 cm³/mol. The third kappa shape index (κ3) is 1.39. The van der Waals surface area contributed by atoms with Crippen LogP contribution >= 0.6 is 0 Å². The lowest BCUT2D eigenvalue weighted by Crippen LogP contribution is -2.08. The molecule has 0 saturated heterocycles. The van der Waals surface area contributed by atoms with Gasteiger partial charge in [0.1, 0.15) is 11.9 Å². The van der Waals surface area contributed by atoms with Crippen LogP contribution in [0.5, 0.6) is 5.75 Å². The molecule has 0 fully saturated rings. The Hall–Kier alpha value is -1.80. The SMILES string of the molecule is OC1c2ccccc2OC1c1ccccc1. The largest absolute Gasteiger partial charge is 0.482 e. The Morgan fingerprint density at radius 1 is 0.875 bits per heavy atom. The molecule has 2 aromatic rings. The molecule has 1 N–H and O–H groups in total. The van der Waals surface area contributed by atoms with E-state index in [1.807, 2.05) is 54.6 Å². The van der Waals surface area contributed by atoms with Crippen LogP contribution in [-0.2, 0) is 0 Å². The average molecular weight is 212 g/mol. The standard InChI is InChI=1S/C14H12O2/c15-13-11-8-4-5-9-12(11)16-14(13)10-6-2-1-3-7-10/h1-9,13-15H. The first-order valence-electron chi connectivity index (χ1n) is 5.35. The van der Waals surface area contributed by atoms with E-state index in [9.17, 15) is 5.11 Å². The number of aliphatic hydroxyl groups excluding tert-OH is 1. The van der Waals surface area contributed by atoms with E-state index in [1.54, 1.807) is 0 Å². The summed E-state index contributed by atoms with van der Waals surface area (Å²) in [5, 5.41) is 10.2. The number of rotatable bonds is 1. The molecule has 2 nitrogen and oxygen atoms in total. The molecule has 1 heterocycles. The summed E-state index contributed by atoms with van der Waals surface area (Å²) >= 11 is 0. The van der Waals surface area contributed by atoms with Crippen LogP contribution in [0.15, 0.2) is 54.6 Å². The highest BCUT2D eigenvalue weighted by Gasteiger charge is 2.33. The Morgan fingerprint density at radius 3 is 2.31 bits per heavy atom. The first-order chi connectivity index (χ1) is 7.86. The average Bonchev–Trinajstić information content (AvgIpc) is 2.69. The second kappa shape index (κ2) is 3.65. The Labute approximate surface area is 94.1 Å². The molecule has 1 aliphatic heterocycles. The highest BCUT2D eigenvalue weighted by atomic mass is 16.5. The van der Waals surface area contributed by atoms with Crippen LogP contribution < -0.4 is 4.74 Å². The molecule has 3 rings (SSSR count). The van der Waals surface area contributed by atoms with E-state index < -0.39 is 6.10 Å². The lowest BCUT2D eigenvalue weighted by atomic mass is 10.0. The van der Waals surface area contributed by atoms with E-state index in [1.165, 1.54) is 0 Å². The van der Waals surface area contributed by atoms with Crippen molar-refractivity contribution in [3.05, 3.63) is 65.7 Å². The predicted octanol–water partition coefficient (Wildman–Crippen LogP) is 2.85. The second-order valence-corrected chi connectivity index (χ2v) is 3.93. The highest BCUT2D eigenvalue weighted by molar-refractivity contribution is 5.41. The summed E-state index contributed by atoms with van der Waals surface area (Å²) in [6.07, 6.45) is -0.850. The fraction of sp³-hybridized carbons (Fsp3) is 0.143. The molecular weight excluding hydrogens is 200 g/mol. The van der Waals surface area contributed by atoms with Gasteiger partial charge in [-0.1, -0.05) is 48.5 Å². The van der Waals surface area contributed by atoms with Crippen molar-refractivity contribution in [1.29, 1.82) is 0 Å². The third-order valence-corrected chi connectivity index (χ3v) is 2.91. The summed E-state index contributed by atoms with van der Waals surface area (Å²) in [5.41, 5.74) is 1.88. The lowest BCUT2D eigenvalue weighted by Gasteiger charge is -2.14. The Kier molecular flexibility index (Phi) is 2.15. The molecule has 0 radical (unpaired) electrons. The monoisotopic (exact) mass is 212 g/mol. The number of benzene rings is 2. The number of hydrogen-bond acceptors (Lipinski definition) is 2. The van der Waals surface area contributed by atoms with Gasteiger partial charge in [0.15, 0.2) is 6.10 Å². The fourth-order valence-corrected chi connectivity index (χ4v) is 2.09. The maximum absolute atomic E-state index is 10.2. The van der Waals surface area contributed by atoms with Crippen molar-refractivity contribution in [1.82, 2.24) is 0 Å². The zero-order valence-electron chi connectivity index (χ0n) is 8.71. The smallest absolute Gasteiger partial charge is 0.154 e. The summed E-state index contributed by atoms with van der Waals surface area (Å²) < 4.78 is 5.76. The Bertz CT molecular complexity index is 493. The molecule has 0 amide bonds. The van der Waals surface area contributed by atoms with E-state index in [0.29, 0.717) is 0 Å². The zero-order chi connectivity index (χ0) is 11.0. The van der Waals surface area contributed by atoms with Crippen molar-refractivity contribution in [3.8, 4) is 5.75 Å². The van der Waals surface area contributed by atoms with Crippen LogP contribution in [-0.4, -0.2) is 5.11 Å². The topological polar surface area (TPSA) is 29.5 Å². The lowest BCUT2D eigenvalue weighted by molar-refractivity contribution is 0.0674. The minimum atomic E-state index is -0.571. The van der Waals surface area contributed by atoms with Gasteiger partial charge < -0.3 is 9.84 Å². The first-order valence-corrected chi connectivity index (χ1v) is 5.35.